The molecule has 0 atom stereocenters. The second kappa shape index (κ2) is 12.6. The van der Waals surface area contributed by atoms with Gasteiger partial charge in [-0.1, -0.05) is 115 Å². The lowest BCUT2D eigenvalue weighted by atomic mass is 10.0. The maximum Gasteiger partial charge on any atom is 0.164 e. The predicted molar refractivity (Wildman–Crippen MR) is 236 cm³/mol. The highest BCUT2D eigenvalue weighted by Crippen LogP contribution is 2.40. The molecule has 0 N–H and O–H groups in total. The van der Waals surface area contributed by atoms with E-state index in [0.717, 1.165) is 55.3 Å². The number of hydrogen-bond donors (Lipinski definition) is 0. The fraction of sp³-hybridized carbons (Fsp3) is 0. The van der Waals surface area contributed by atoms with E-state index in [1.54, 1.807) is 0 Å². The summed E-state index contributed by atoms with van der Waals surface area (Å²) in [5.74, 6) is 1.85. The third-order valence-corrected chi connectivity index (χ3v) is 12.2. The van der Waals surface area contributed by atoms with Crippen molar-refractivity contribution >= 4 is 75.3 Å². The maximum atomic E-state index is 6.53. The topological polar surface area (TPSA) is 56.7 Å². The molecule has 12 aromatic rings. The molecule has 0 saturated carbocycles. The number of aromatic nitrogens is 4. The molecular weight excluding hydrogens is 717 g/mol. The molecule has 0 aliphatic carbocycles. The number of nitrogens with zero attached hydrogens (tertiary/aromatic N) is 4. The van der Waals surface area contributed by atoms with Crippen molar-refractivity contribution in [3.63, 3.8) is 0 Å². The lowest BCUT2D eigenvalue weighted by molar-refractivity contribution is 0.669. The fourth-order valence-corrected chi connectivity index (χ4v) is 9.40. The monoisotopic (exact) mass is 746 g/mol. The van der Waals surface area contributed by atoms with Crippen LogP contribution >= 0.6 is 11.3 Å². The molecule has 0 amide bonds. The molecule has 4 aromatic heterocycles. The van der Waals surface area contributed by atoms with Crippen molar-refractivity contribution in [1.29, 1.82) is 0 Å². The zero-order chi connectivity index (χ0) is 37.5. The van der Waals surface area contributed by atoms with Crippen LogP contribution in [0.5, 0.6) is 0 Å². The lowest BCUT2D eigenvalue weighted by Crippen LogP contribution is -2.00. The first-order chi connectivity index (χ1) is 28.2. The molecule has 0 fully saturated rings. The van der Waals surface area contributed by atoms with Gasteiger partial charge in [0.1, 0.15) is 11.2 Å². The van der Waals surface area contributed by atoms with Gasteiger partial charge in [0.2, 0.25) is 0 Å². The highest BCUT2D eigenvalue weighted by atomic mass is 32.1. The van der Waals surface area contributed by atoms with Crippen LogP contribution in [0.15, 0.2) is 186 Å². The highest BCUT2D eigenvalue weighted by molar-refractivity contribution is 7.25. The van der Waals surface area contributed by atoms with Gasteiger partial charge >= 0.3 is 0 Å². The molecule has 0 radical (unpaired) electrons. The number of rotatable bonds is 5. The standard InChI is InChI=1S/C51H30N4OS/c1-3-11-31(12-4-1)49-52-50(32-13-5-2-6-14-32)54-51(53-49)35-19-23-38-41-30-36(22-25-45(41)56-46(38)29-35)55-43-17-9-7-15-37(43)40-27-33(20-24-44(40)55)34-21-26-48-42(28-34)39-16-8-10-18-47(39)57-48/h1-30H. The van der Waals surface area contributed by atoms with E-state index in [1.165, 1.54) is 42.1 Å². The molecule has 0 aliphatic rings. The van der Waals surface area contributed by atoms with Crippen molar-refractivity contribution in [1.82, 2.24) is 19.5 Å². The molecule has 6 heteroatoms. The smallest absolute Gasteiger partial charge is 0.164 e. The van der Waals surface area contributed by atoms with E-state index in [1.807, 2.05) is 78.1 Å². The Balaban J connectivity index is 0.969. The summed E-state index contributed by atoms with van der Waals surface area (Å²) in [5, 5.41) is 7.16. The average Bonchev–Trinajstić information content (AvgIpc) is 3.95. The van der Waals surface area contributed by atoms with Gasteiger partial charge in [-0.15, -0.1) is 11.3 Å². The Hall–Kier alpha value is -7.41. The quantitative estimate of drug-likeness (QED) is 0.176. The Morgan fingerprint density at radius 1 is 0.351 bits per heavy atom. The van der Waals surface area contributed by atoms with Crippen LogP contribution in [-0.2, 0) is 0 Å². The van der Waals surface area contributed by atoms with Crippen LogP contribution in [0.3, 0.4) is 0 Å². The molecule has 0 unspecified atom stereocenters. The summed E-state index contributed by atoms with van der Waals surface area (Å²) in [5.41, 5.74) is 10.2. The van der Waals surface area contributed by atoms with Crippen LogP contribution in [0.2, 0.25) is 0 Å². The first-order valence-electron chi connectivity index (χ1n) is 19.0. The van der Waals surface area contributed by atoms with Crippen molar-refractivity contribution < 1.29 is 4.42 Å². The molecule has 0 spiro atoms. The predicted octanol–water partition coefficient (Wildman–Crippen LogP) is 13.9. The van der Waals surface area contributed by atoms with E-state index < -0.39 is 0 Å². The molecule has 0 saturated heterocycles. The minimum absolute atomic E-state index is 0.596. The second-order valence-electron chi connectivity index (χ2n) is 14.4. The molecule has 8 aromatic carbocycles. The molecule has 0 bridgehead atoms. The van der Waals surface area contributed by atoms with E-state index in [-0.39, 0.29) is 0 Å². The lowest BCUT2D eigenvalue weighted by Gasteiger charge is -2.09. The van der Waals surface area contributed by atoms with Gasteiger partial charge in [-0.3, -0.25) is 0 Å². The van der Waals surface area contributed by atoms with Crippen molar-refractivity contribution in [2.75, 3.05) is 0 Å². The number of thiophene rings is 1. The van der Waals surface area contributed by atoms with Crippen LogP contribution < -0.4 is 0 Å². The third-order valence-electron chi connectivity index (χ3n) is 11.1. The van der Waals surface area contributed by atoms with Crippen molar-refractivity contribution in [3.05, 3.63) is 182 Å². The molecule has 57 heavy (non-hydrogen) atoms. The van der Waals surface area contributed by atoms with Crippen LogP contribution in [-0.4, -0.2) is 19.5 Å². The normalized spacial score (nSPS) is 11.9. The maximum absolute atomic E-state index is 6.53. The van der Waals surface area contributed by atoms with Crippen molar-refractivity contribution in [2.24, 2.45) is 0 Å². The van der Waals surface area contributed by atoms with E-state index in [2.05, 4.69) is 120 Å². The second-order valence-corrected chi connectivity index (χ2v) is 15.5. The van der Waals surface area contributed by atoms with Crippen molar-refractivity contribution in [3.8, 4) is 51.0 Å². The van der Waals surface area contributed by atoms with Crippen LogP contribution in [0.4, 0.5) is 0 Å². The zero-order valence-electron chi connectivity index (χ0n) is 30.4. The minimum Gasteiger partial charge on any atom is -0.456 e. The molecule has 4 heterocycles. The number of furan rings is 1. The van der Waals surface area contributed by atoms with Crippen LogP contribution in [0.1, 0.15) is 0 Å². The molecular formula is C51H30N4OS. The van der Waals surface area contributed by atoms with Gasteiger partial charge in [-0.2, -0.15) is 0 Å². The molecule has 5 nitrogen and oxygen atoms in total. The first-order valence-corrected chi connectivity index (χ1v) is 19.8. The zero-order valence-corrected chi connectivity index (χ0v) is 31.2. The number of hydrogen-bond acceptors (Lipinski definition) is 5. The van der Waals surface area contributed by atoms with E-state index in [0.29, 0.717) is 17.5 Å². The van der Waals surface area contributed by atoms with Crippen LogP contribution in [0.25, 0.3) is 115 Å². The number of benzene rings is 8. The van der Waals surface area contributed by atoms with Crippen molar-refractivity contribution in [2.45, 2.75) is 0 Å². The minimum atomic E-state index is 0.596. The fourth-order valence-electron chi connectivity index (χ4n) is 8.32. The summed E-state index contributed by atoms with van der Waals surface area (Å²) < 4.78 is 11.5. The summed E-state index contributed by atoms with van der Waals surface area (Å²) in [6.07, 6.45) is 0. The molecule has 12 rings (SSSR count). The Labute approximate surface area is 330 Å². The van der Waals surface area contributed by atoms with Gasteiger partial charge in [-0.05, 0) is 77.9 Å². The first kappa shape index (κ1) is 31.9. The number of fused-ring (bicyclic) bond motifs is 9. The van der Waals surface area contributed by atoms with Crippen LogP contribution in [0, 0.1) is 0 Å². The van der Waals surface area contributed by atoms with E-state index >= 15 is 0 Å². The third kappa shape index (κ3) is 5.19. The number of para-hydroxylation sites is 1. The van der Waals surface area contributed by atoms with Gasteiger partial charge in [0, 0.05) is 64.1 Å². The summed E-state index contributed by atoms with van der Waals surface area (Å²) >= 11 is 1.85. The highest BCUT2D eigenvalue weighted by Gasteiger charge is 2.18. The molecule has 266 valence electrons. The van der Waals surface area contributed by atoms with Gasteiger partial charge in [-0.25, -0.2) is 15.0 Å². The summed E-state index contributed by atoms with van der Waals surface area (Å²) in [4.78, 5) is 14.8. The largest absolute Gasteiger partial charge is 0.456 e. The van der Waals surface area contributed by atoms with Gasteiger partial charge < -0.3 is 8.98 Å². The average molecular weight is 747 g/mol. The molecule has 0 aliphatic heterocycles. The summed E-state index contributed by atoms with van der Waals surface area (Å²) in [7, 11) is 0. The van der Waals surface area contributed by atoms with Gasteiger partial charge in [0.15, 0.2) is 17.5 Å². The summed E-state index contributed by atoms with van der Waals surface area (Å²) in [6, 6.07) is 64.0. The Kier molecular flexibility index (Phi) is 7.03. The van der Waals surface area contributed by atoms with E-state index in [4.69, 9.17) is 19.4 Å². The SMILES string of the molecule is c1ccc(-c2nc(-c3ccccc3)nc(-c3ccc4c(c3)oc3ccc(-n5c6ccccc6c6cc(-c7ccc8sc9ccccc9c8c7)ccc65)cc34)n2)cc1. The summed E-state index contributed by atoms with van der Waals surface area (Å²) in [6.45, 7) is 0. The Morgan fingerprint density at radius 2 is 0.947 bits per heavy atom. The van der Waals surface area contributed by atoms with E-state index in [9.17, 15) is 0 Å². The van der Waals surface area contributed by atoms with Gasteiger partial charge in [0.05, 0.1) is 11.0 Å². The Bertz CT molecular complexity index is 3470. The van der Waals surface area contributed by atoms with Gasteiger partial charge in [0.25, 0.3) is 0 Å². The Morgan fingerprint density at radius 3 is 1.72 bits per heavy atom.